The molecule has 3 aliphatic rings. The third-order valence-corrected chi connectivity index (χ3v) is 13.4. The summed E-state index contributed by atoms with van der Waals surface area (Å²) in [5, 5.41) is 6.81. The summed E-state index contributed by atoms with van der Waals surface area (Å²) in [5.74, 6) is 1.25. The van der Waals surface area contributed by atoms with Crippen LogP contribution in [-0.2, 0) is 9.05 Å². The lowest BCUT2D eigenvalue weighted by atomic mass is 10.3. The van der Waals surface area contributed by atoms with Gasteiger partial charge in [0.1, 0.15) is 19.1 Å². The van der Waals surface area contributed by atoms with Gasteiger partial charge < -0.3 is 18.4 Å². The van der Waals surface area contributed by atoms with Gasteiger partial charge in [-0.05, 0) is 41.6 Å². The molecule has 0 aromatic heterocycles. The second kappa shape index (κ2) is 8.70. The van der Waals surface area contributed by atoms with E-state index in [-0.39, 0.29) is 0 Å². The molecule has 9 nitrogen and oxygen atoms in total. The van der Waals surface area contributed by atoms with Gasteiger partial charge in [0.15, 0.2) is 0 Å². The van der Waals surface area contributed by atoms with E-state index < -0.39 is 23.2 Å². The lowest BCUT2D eigenvalue weighted by molar-refractivity contribution is 0.297. The van der Waals surface area contributed by atoms with Gasteiger partial charge in [-0.3, -0.25) is 5.09 Å². The number of rotatable bonds is 4. The van der Waals surface area contributed by atoms with E-state index in [0.29, 0.717) is 24.7 Å². The lowest BCUT2D eigenvalue weighted by Crippen LogP contribution is -2.28. The first-order valence-corrected chi connectivity index (χ1v) is 14.6. The molecule has 1 unspecified atom stereocenters. The van der Waals surface area contributed by atoms with Crippen molar-refractivity contribution in [3.8, 4) is 11.5 Å². The van der Waals surface area contributed by atoms with E-state index in [1.165, 1.54) is 0 Å². The molecule has 2 aromatic rings. The smallest absolute Gasteiger partial charge is 0.466 e. The summed E-state index contributed by atoms with van der Waals surface area (Å²) in [5.41, 5.74) is 0. The number of nitrogens with one attached hydrogen (secondary N) is 2. The van der Waals surface area contributed by atoms with Gasteiger partial charge in [-0.2, -0.15) is 4.52 Å². The first kappa shape index (κ1) is 20.6. The first-order valence-electron chi connectivity index (χ1n) is 9.89. The average molecular weight is 467 g/mol. The molecule has 2 saturated heterocycles. The van der Waals surface area contributed by atoms with E-state index in [1.807, 2.05) is 60.7 Å². The summed E-state index contributed by atoms with van der Waals surface area (Å²) in [6.07, 6.45) is 1.79. The summed E-state index contributed by atoms with van der Waals surface area (Å²) in [7, 11) is -8.71. The largest absolute Gasteiger partial charge is 0.470 e. The van der Waals surface area contributed by atoms with Gasteiger partial charge in [0, 0.05) is 13.1 Å². The number of nitrogens with zero attached hydrogens (tertiary/aromatic N) is 3. The molecule has 0 radical (unpaired) electrons. The molecule has 30 heavy (non-hydrogen) atoms. The molecule has 2 fully saturated rings. The van der Waals surface area contributed by atoms with Crippen LogP contribution in [0.25, 0.3) is 4.86 Å². The van der Waals surface area contributed by atoms with Crippen molar-refractivity contribution in [3.63, 3.8) is 0 Å². The van der Waals surface area contributed by atoms with Crippen LogP contribution >= 0.6 is 23.2 Å². The van der Waals surface area contributed by atoms with Crippen molar-refractivity contribution >= 4 is 23.2 Å². The maximum absolute atomic E-state index is 6.41. The summed E-state index contributed by atoms with van der Waals surface area (Å²) in [6, 6.07) is 19.0. The number of hydrogen-bond acceptors (Lipinski definition) is 8. The van der Waals surface area contributed by atoms with Crippen LogP contribution in [0.1, 0.15) is 12.8 Å². The highest BCUT2D eigenvalue weighted by atomic mass is 31.3. The summed E-state index contributed by atoms with van der Waals surface area (Å²) in [6.45, 7) is 2.67. The SMILES string of the molecule is c1ccc(OP2(Oc3ccccc3)=N[P+]3(N=[P@]4([N-]2)NCCCO4)NCCCO3)cc1. The molecule has 0 amide bonds. The van der Waals surface area contributed by atoms with Crippen molar-refractivity contribution < 1.29 is 18.1 Å². The molecule has 2 spiro atoms. The van der Waals surface area contributed by atoms with Crippen molar-refractivity contribution in [2.75, 3.05) is 26.3 Å². The van der Waals surface area contributed by atoms with E-state index in [1.54, 1.807) is 0 Å². The van der Waals surface area contributed by atoms with Crippen LogP contribution in [0.2, 0.25) is 0 Å². The molecule has 5 rings (SSSR count). The normalized spacial score (nSPS) is 30.3. The summed E-state index contributed by atoms with van der Waals surface area (Å²) in [4.78, 5) is 4.96. The minimum Gasteiger partial charge on any atom is -0.470 e. The summed E-state index contributed by atoms with van der Waals surface area (Å²) < 4.78 is 35.0. The molecule has 3 aliphatic heterocycles. The number of para-hydroxylation sites is 2. The highest BCUT2D eigenvalue weighted by Gasteiger charge is 2.52. The average Bonchev–Trinajstić information content (AvgIpc) is 2.75. The van der Waals surface area contributed by atoms with Crippen molar-refractivity contribution in [3.05, 3.63) is 65.5 Å². The molecule has 12 heteroatoms. The van der Waals surface area contributed by atoms with Gasteiger partial charge >= 0.3 is 7.94 Å². The zero-order chi connectivity index (χ0) is 20.3. The lowest BCUT2D eigenvalue weighted by Gasteiger charge is -2.47. The Morgan fingerprint density at radius 2 is 1.53 bits per heavy atom. The topological polar surface area (TPSA) is 99.8 Å². The highest BCUT2D eigenvalue weighted by Crippen LogP contribution is 2.86. The second-order valence-electron chi connectivity index (χ2n) is 6.85. The van der Waals surface area contributed by atoms with Crippen molar-refractivity contribution in [1.82, 2.24) is 10.2 Å². The maximum Gasteiger partial charge on any atom is 0.466 e. The van der Waals surface area contributed by atoms with E-state index in [0.717, 1.165) is 25.9 Å². The molecule has 0 aliphatic carbocycles. The van der Waals surface area contributed by atoms with Crippen molar-refractivity contribution in [2.45, 2.75) is 12.8 Å². The molecule has 0 saturated carbocycles. The molecule has 160 valence electrons. The van der Waals surface area contributed by atoms with Crippen LogP contribution in [0.5, 0.6) is 11.5 Å². The van der Waals surface area contributed by atoms with Crippen LogP contribution in [0.3, 0.4) is 0 Å². The van der Waals surface area contributed by atoms with Gasteiger partial charge in [-0.25, -0.2) is 0 Å². The maximum atomic E-state index is 6.41. The molecule has 2 aromatic carbocycles. The zero-order valence-corrected chi connectivity index (χ0v) is 19.0. The molecular formula is C18H24N5O4P3. The zero-order valence-electron chi connectivity index (χ0n) is 16.3. The predicted octanol–water partition coefficient (Wildman–Crippen LogP) is 6.12. The quantitative estimate of drug-likeness (QED) is 0.526. The standard InChI is InChI=1S/C18H24N5O4P3/c1-3-9-17(10-4-1)26-30(27-18-11-5-2-6-12-18)22-28(19-13-7-15-24-28)21-29(23-30)20-14-8-16-25-29/h1-6,9-12,19-20H,7-8,13-16H2/t28-,29?/m0/s1. The van der Waals surface area contributed by atoms with Crippen molar-refractivity contribution in [1.29, 1.82) is 0 Å². The predicted molar refractivity (Wildman–Crippen MR) is 120 cm³/mol. The Labute approximate surface area is 177 Å². The number of hydrogen-bond donors (Lipinski definition) is 2. The molecule has 2 N–H and O–H groups in total. The van der Waals surface area contributed by atoms with Gasteiger partial charge in [0.25, 0.3) is 7.66 Å². The van der Waals surface area contributed by atoms with Crippen LogP contribution in [0.15, 0.2) is 69.7 Å². The Bertz CT molecular complexity index is 930. The van der Waals surface area contributed by atoms with Gasteiger partial charge in [-0.1, -0.05) is 40.9 Å². The van der Waals surface area contributed by atoms with E-state index in [2.05, 4.69) is 10.2 Å². The third-order valence-electron chi connectivity index (χ3n) is 4.47. The Morgan fingerprint density at radius 1 is 0.867 bits per heavy atom. The fraction of sp³-hybridized carbons (Fsp3) is 0.333. The van der Waals surface area contributed by atoms with Crippen LogP contribution < -0.4 is 19.2 Å². The van der Waals surface area contributed by atoms with Crippen molar-refractivity contribution in [2.24, 2.45) is 9.03 Å². The minimum atomic E-state index is -3.22. The first-order chi connectivity index (χ1) is 14.7. The number of benzene rings is 2. The second-order valence-corrected chi connectivity index (χ2v) is 13.7. The highest BCUT2D eigenvalue weighted by molar-refractivity contribution is 7.90. The van der Waals surface area contributed by atoms with E-state index >= 15 is 0 Å². The fourth-order valence-corrected chi connectivity index (χ4v) is 13.4. The Hall–Kier alpha value is -1.27. The Kier molecular flexibility index (Phi) is 5.98. The molecule has 3 heterocycles. The van der Waals surface area contributed by atoms with Crippen LogP contribution in [-0.4, -0.2) is 26.3 Å². The van der Waals surface area contributed by atoms with Crippen LogP contribution in [0, 0.1) is 0 Å². The van der Waals surface area contributed by atoms with Gasteiger partial charge in [-0.15, -0.1) is 5.09 Å². The molecule has 2 atom stereocenters. The fourth-order valence-electron chi connectivity index (χ4n) is 3.15. The van der Waals surface area contributed by atoms with Gasteiger partial charge in [0.2, 0.25) is 0 Å². The van der Waals surface area contributed by atoms with E-state index in [4.69, 9.17) is 32.0 Å². The summed E-state index contributed by atoms with van der Waals surface area (Å²) >= 11 is 0. The van der Waals surface area contributed by atoms with E-state index in [9.17, 15) is 0 Å². The monoisotopic (exact) mass is 467 g/mol. The molecule has 0 bridgehead atoms. The minimum absolute atomic E-state index is 0.574. The Morgan fingerprint density at radius 3 is 2.10 bits per heavy atom. The Balaban J connectivity index is 1.63. The van der Waals surface area contributed by atoms with Crippen LogP contribution in [0.4, 0.5) is 0 Å². The molecular weight excluding hydrogens is 443 g/mol. The third kappa shape index (κ3) is 4.50. The van der Waals surface area contributed by atoms with Gasteiger partial charge in [0.05, 0.1) is 13.2 Å².